The monoisotopic (exact) mass is 236 g/mol. The van der Waals surface area contributed by atoms with Crippen LogP contribution in [0.25, 0.3) is 10.4 Å². The molecule has 2 aromatic rings. The van der Waals surface area contributed by atoms with Gasteiger partial charge in [-0.2, -0.15) is 0 Å². The Kier molecular flexibility index (Phi) is 2.75. The van der Waals surface area contributed by atoms with Crippen LogP contribution in [-0.4, -0.2) is 11.1 Å². The first kappa shape index (κ1) is 10.8. The number of aryl methyl sites for hydroxylation is 1. The van der Waals surface area contributed by atoms with Crippen LogP contribution >= 0.6 is 11.3 Å². The van der Waals surface area contributed by atoms with Crippen molar-refractivity contribution >= 4 is 17.3 Å². The SMILES string of the molecule is Cc1ccc(-c2cc(F)ccc2C(=O)O)s1. The van der Waals surface area contributed by atoms with Crippen LogP contribution < -0.4 is 0 Å². The van der Waals surface area contributed by atoms with Gasteiger partial charge in [-0.25, -0.2) is 9.18 Å². The van der Waals surface area contributed by atoms with Crippen molar-refractivity contribution in [3.63, 3.8) is 0 Å². The van der Waals surface area contributed by atoms with Gasteiger partial charge in [-0.15, -0.1) is 11.3 Å². The summed E-state index contributed by atoms with van der Waals surface area (Å²) in [5.41, 5.74) is 0.564. The van der Waals surface area contributed by atoms with Gasteiger partial charge in [-0.3, -0.25) is 0 Å². The second-order valence-corrected chi connectivity index (χ2v) is 4.69. The lowest BCUT2D eigenvalue weighted by Gasteiger charge is -2.03. The first-order valence-electron chi connectivity index (χ1n) is 4.67. The van der Waals surface area contributed by atoms with E-state index in [4.69, 9.17) is 5.11 Å². The molecule has 0 saturated carbocycles. The Labute approximate surface area is 96.0 Å². The molecule has 2 nitrogen and oxygen atoms in total. The molecule has 1 aromatic carbocycles. The molecular weight excluding hydrogens is 227 g/mol. The number of carboxylic acids is 1. The van der Waals surface area contributed by atoms with Crippen LogP contribution in [0, 0.1) is 12.7 Å². The molecule has 0 bridgehead atoms. The first-order valence-corrected chi connectivity index (χ1v) is 5.49. The molecule has 0 aliphatic heterocycles. The number of thiophene rings is 1. The second-order valence-electron chi connectivity index (χ2n) is 3.41. The third-order valence-corrected chi connectivity index (χ3v) is 3.25. The molecule has 0 fully saturated rings. The molecule has 2 rings (SSSR count). The summed E-state index contributed by atoms with van der Waals surface area (Å²) in [6, 6.07) is 7.40. The minimum atomic E-state index is -1.04. The number of aromatic carboxylic acids is 1. The molecule has 0 aliphatic rings. The molecule has 0 aliphatic carbocycles. The van der Waals surface area contributed by atoms with Crippen LogP contribution in [-0.2, 0) is 0 Å². The first-order chi connectivity index (χ1) is 7.58. The zero-order valence-corrected chi connectivity index (χ0v) is 9.34. The van der Waals surface area contributed by atoms with E-state index in [9.17, 15) is 9.18 Å². The third kappa shape index (κ3) is 1.97. The fourth-order valence-electron chi connectivity index (χ4n) is 1.49. The van der Waals surface area contributed by atoms with Crippen molar-refractivity contribution in [2.75, 3.05) is 0 Å². The van der Waals surface area contributed by atoms with E-state index in [1.165, 1.54) is 23.5 Å². The van der Waals surface area contributed by atoms with E-state index < -0.39 is 11.8 Å². The molecule has 1 heterocycles. The average molecular weight is 236 g/mol. The van der Waals surface area contributed by atoms with E-state index >= 15 is 0 Å². The molecular formula is C12H9FO2S. The molecule has 16 heavy (non-hydrogen) atoms. The lowest BCUT2D eigenvalue weighted by Crippen LogP contribution is -1.99. The normalized spacial score (nSPS) is 10.4. The highest BCUT2D eigenvalue weighted by Crippen LogP contribution is 2.31. The molecule has 0 atom stereocenters. The fourth-order valence-corrected chi connectivity index (χ4v) is 2.38. The third-order valence-electron chi connectivity index (χ3n) is 2.22. The summed E-state index contributed by atoms with van der Waals surface area (Å²) in [7, 11) is 0. The summed E-state index contributed by atoms with van der Waals surface area (Å²) in [5, 5.41) is 9.01. The number of carbonyl (C=O) groups is 1. The highest BCUT2D eigenvalue weighted by atomic mass is 32.1. The van der Waals surface area contributed by atoms with Gasteiger partial charge in [0.15, 0.2) is 0 Å². The fraction of sp³-hybridized carbons (Fsp3) is 0.0833. The van der Waals surface area contributed by atoms with Gasteiger partial charge in [-0.05, 0) is 37.3 Å². The predicted octanol–water partition coefficient (Wildman–Crippen LogP) is 3.56. The van der Waals surface area contributed by atoms with Gasteiger partial charge in [0.05, 0.1) is 5.56 Å². The molecule has 82 valence electrons. The molecule has 4 heteroatoms. The summed E-state index contributed by atoms with van der Waals surface area (Å²) in [6.07, 6.45) is 0. The summed E-state index contributed by atoms with van der Waals surface area (Å²) >= 11 is 1.45. The molecule has 0 saturated heterocycles. The van der Waals surface area contributed by atoms with E-state index in [0.29, 0.717) is 5.56 Å². The maximum Gasteiger partial charge on any atom is 0.336 e. The van der Waals surface area contributed by atoms with Gasteiger partial charge >= 0.3 is 5.97 Å². The summed E-state index contributed by atoms with van der Waals surface area (Å²) in [6.45, 7) is 1.92. The van der Waals surface area contributed by atoms with Crippen molar-refractivity contribution in [2.24, 2.45) is 0 Å². The van der Waals surface area contributed by atoms with Crippen LogP contribution in [0.5, 0.6) is 0 Å². The molecule has 0 radical (unpaired) electrons. The smallest absolute Gasteiger partial charge is 0.336 e. The van der Waals surface area contributed by atoms with Gasteiger partial charge < -0.3 is 5.11 Å². The van der Waals surface area contributed by atoms with Crippen LogP contribution in [0.2, 0.25) is 0 Å². The zero-order chi connectivity index (χ0) is 11.7. The van der Waals surface area contributed by atoms with Crippen molar-refractivity contribution in [3.05, 3.63) is 46.6 Å². The van der Waals surface area contributed by atoms with Crippen molar-refractivity contribution in [2.45, 2.75) is 6.92 Å². The van der Waals surface area contributed by atoms with E-state index in [1.807, 2.05) is 13.0 Å². The van der Waals surface area contributed by atoms with E-state index in [2.05, 4.69) is 0 Å². The minimum absolute atomic E-state index is 0.128. The van der Waals surface area contributed by atoms with Gasteiger partial charge in [-0.1, -0.05) is 0 Å². The highest BCUT2D eigenvalue weighted by Gasteiger charge is 2.13. The zero-order valence-electron chi connectivity index (χ0n) is 8.53. The number of carboxylic acid groups (broad SMARTS) is 1. The Bertz CT molecular complexity index is 546. The molecule has 0 amide bonds. The number of benzene rings is 1. The minimum Gasteiger partial charge on any atom is -0.478 e. The highest BCUT2D eigenvalue weighted by molar-refractivity contribution is 7.15. The van der Waals surface area contributed by atoms with Crippen LogP contribution in [0.4, 0.5) is 4.39 Å². The van der Waals surface area contributed by atoms with Crippen LogP contribution in [0.15, 0.2) is 30.3 Å². The molecule has 0 spiro atoms. The van der Waals surface area contributed by atoms with Crippen molar-refractivity contribution < 1.29 is 14.3 Å². The Balaban J connectivity index is 2.62. The van der Waals surface area contributed by atoms with Crippen molar-refractivity contribution in [1.29, 1.82) is 0 Å². The van der Waals surface area contributed by atoms with Gasteiger partial charge in [0, 0.05) is 15.3 Å². The number of rotatable bonds is 2. The van der Waals surface area contributed by atoms with Crippen LogP contribution in [0.3, 0.4) is 0 Å². The number of hydrogen-bond acceptors (Lipinski definition) is 2. The van der Waals surface area contributed by atoms with Crippen LogP contribution in [0.1, 0.15) is 15.2 Å². The predicted molar refractivity (Wildman–Crippen MR) is 61.4 cm³/mol. The Hall–Kier alpha value is -1.68. The standard InChI is InChI=1S/C12H9FO2S/c1-7-2-5-11(16-7)10-6-8(13)3-4-9(10)12(14)15/h2-6H,1H3,(H,14,15). The molecule has 1 aromatic heterocycles. The summed E-state index contributed by atoms with van der Waals surface area (Å²) in [4.78, 5) is 12.8. The molecule has 1 N–H and O–H groups in total. The summed E-state index contributed by atoms with van der Waals surface area (Å²) < 4.78 is 13.1. The van der Waals surface area contributed by atoms with E-state index in [-0.39, 0.29) is 5.56 Å². The maximum atomic E-state index is 13.1. The van der Waals surface area contributed by atoms with Gasteiger partial charge in [0.1, 0.15) is 5.82 Å². The number of halogens is 1. The largest absolute Gasteiger partial charge is 0.478 e. The van der Waals surface area contributed by atoms with Gasteiger partial charge in [0.2, 0.25) is 0 Å². The topological polar surface area (TPSA) is 37.3 Å². The van der Waals surface area contributed by atoms with Gasteiger partial charge in [0.25, 0.3) is 0 Å². The quantitative estimate of drug-likeness (QED) is 0.865. The lowest BCUT2D eigenvalue weighted by molar-refractivity contribution is 0.0697. The summed E-state index contributed by atoms with van der Waals surface area (Å²) in [5.74, 6) is -1.47. The Morgan fingerprint density at radius 3 is 2.62 bits per heavy atom. The average Bonchev–Trinajstić information content (AvgIpc) is 2.64. The number of hydrogen-bond donors (Lipinski definition) is 1. The van der Waals surface area contributed by atoms with E-state index in [1.54, 1.807) is 6.07 Å². The Morgan fingerprint density at radius 2 is 2.06 bits per heavy atom. The molecule has 0 unspecified atom stereocenters. The van der Waals surface area contributed by atoms with E-state index in [0.717, 1.165) is 15.8 Å². The maximum absolute atomic E-state index is 13.1. The Morgan fingerprint density at radius 1 is 1.31 bits per heavy atom. The lowest BCUT2D eigenvalue weighted by atomic mass is 10.1. The van der Waals surface area contributed by atoms with Crippen molar-refractivity contribution in [1.82, 2.24) is 0 Å². The van der Waals surface area contributed by atoms with Crippen molar-refractivity contribution in [3.8, 4) is 10.4 Å². The second kappa shape index (κ2) is 4.06.